The minimum atomic E-state index is -0.206. The third-order valence-electron chi connectivity index (χ3n) is 2.83. The van der Waals surface area contributed by atoms with E-state index in [1.165, 1.54) is 6.07 Å². The van der Waals surface area contributed by atoms with Crippen molar-refractivity contribution >= 4 is 11.0 Å². The Balaban J connectivity index is 2.17. The van der Waals surface area contributed by atoms with Gasteiger partial charge in [0.1, 0.15) is 11.6 Å². The molecule has 0 bridgehead atoms. The molecule has 0 aliphatic heterocycles. The van der Waals surface area contributed by atoms with E-state index in [0.29, 0.717) is 11.4 Å². The lowest BCUT2D eigenvalue weighted by Gasteiger charge is -1.99. The van der Waals surface area contributed by atoms with Crippen molar-refractivity contribution in [2.75, 3.05) is 0 Å². The summed E-state index contributed by atoms with van der Waals surface area (Å²) in [5.41, 5.74) is 3.26. The van der Waals surface area contributed by atoms with Crippen molar-refractivity contribution in [2.45, 2.75) is 6.92 Å². The first kappa shape index (κ1) is 10.0. The number of nitrogens with one attached hydrogen (secondary N) is 1. The lowest BCUT2D eigenvalue weighted by molar-refractivity contribution is 0.619. The monoisotopic (exact) mass is 226 g/mol. The number of rotatable bonds is 1. The molecule has 2 aromatic carbocycles. The minimum absolute atomic E-state index is 0.206. The van der Waals surface area contributed by atoms with Gasteiger partial charge in [-0.05, 0) is 30.7 Å². The van der Waals surface area contributed by atoms with Crippen LogP contribution in [0.25, 0.3) is 22.4 Å². The number of aryl methyl sites for hydroxylation is 1. The topological polar surface area (TPSA) is 28.7 Å². The van der Waals surface area contributed by atoms with Crippen LogP contribution in [-0.2, 0) is 0 Å². The number of H-pyrrole nitrogens is 1. The highest BCUT2D eigenvalue weighted by Crippen LogP contribution is 2.22. The Morgan fingerprint density at radius 1 is 1.12 bits per heavy atom. The zero-order chi connectivity index (χ0) is 11.8. The van der Waals surface area contributed by atoms with Crippen molar-refractivity contribution in [1.82, 2.24) is 9.97 Å². The third kappa shape index (κ3) is 1.69. The molecule has 3 aromatic rings. The van der Waals surface area contributed by atoms with Gasteiger partial charge in [0.25, 0.3) is 0 Å². The van der Waals surface area contributed by atoms with Crippen LogP contribution in [0.15, 0.2) is 42.5 Å². The van der Waals surface area contributed by atoms with E-state index >= 15 is 0 Å². The summed E-state index contributed by atoms with van der Waals surface area (Å²) in [6.45, 7) is 1.75. The number of hydrogen-bond donors (Lipinski definition) is 1. The predicted octanol–water partition coefficient (Wildman–Crippen LogP) is 3.68. The molecule has 0 aliphatic carbocycles. The van der Waals surface area contributed by atoms with Gasteiger partial charge in [0, 0.05) is 5.56 Å². The van der Waals surface area contributed by atoms with Crippen molar-refractivity contribution in [3.8, 4) is 11.4 Å². The van der Waals surface area contributed by atoms with Crippen molar-refractivity contribution in [3.63, 3.8) is 0 Å². The number of fused-ring (bicyclic) bond motifs is 1. The normalized spacial score (nSPS) is 10.9. The van der Waals surface area contributed by atoms with E-state index in [1.54, 1.807) is 13.0 Å². The SMILES string of the molecule is Cc1ccc(-c2nc3ccccc3[nH]2)cc1F. The van der Waals surface area contributed by atoms with Crippen LogP contribution in [-0.4, -0.2) is 9.97 Å². The largest absolute Gasteiger partial charge is 0.338 e. The van der Waals surface area contributed by atoms with E-state index < -0.39 is 0 Å². The molecular formula is C14H11FN2. The lowest BCUT2D eigenvalue weighted by Crippen LogP contribution is -1.85. The summed E-state index contributed by atoms with van der Waals surface area (Å²) in [6.07, 6.45) is 0. The fraction of sp³-hybridized carbons (Fsp3) is 0.0714. The first-order chi connectivity index (χ1) is 8.24. The average molecular weight is 226 g/mol. The predicted molar refractivity (Wildman–Crippen MR) is 66.2 cm³/mol. The minimum Gasteiger partial charge on any atom is -0.338 e. The number of benzene rings is 2. The highest BCUT2D eigenvalue weighted by atomic mass is 19.1. The molecule has 0 saturated carbocycles. The van der Waals surface area contributed by atoms with Crippen LogP contribution in [0.5, 0.6) is 0 Å². The van der Waals surface area contributed by atoms with Crippen LogP contribution in [0.2, 0.25) is 0 Å². The van der Waals surface area contributed by atoms with Crippen LogP contribution < -0.4 is 0 Å². The molecule has 0 atom stereocenters. The summed E-state index contributed by atoms with van der Waals surface area (Å²) >= 11 is 0. The van der Waals surface area contributed by atoms with E-state index in [1.807, 2.05) is 30.3 Å². The molecule has 84 valence electrons. The van der Waals surface area contributed by atoms with E-state index in [4.69, 9.17) is 0 Å². The van der Waals surface area contributed by atoms with Gasteiger partial charge in [0.15, 0.2) is 0 Å². The molecule has 2 nitrogen and oxygen atoms in total. The standard InChI is InChI=1S/C14H11FN2/c1-9-6-7-10(8-11(9)15)14-16-12-4-2-3-5-13(12)17-14/h2-8H,1H3,(H,16,17). The summed E-state index contributed by atoms with van der Waals surface area (Å²) in [5, 5.41) is 0. The zero-order valence-corrected chi connectivity index (χ0v) is 9.37. The molecule has 0 spiro atoms. The van der Waals surface area contributed by atoms with Crippen molar-refractivity contribution in [2.24, 2.45) is 0 Å². The molecule has 17 heavy (non-hydrogen) atoms. The number of aromatic amines is 1. The first-order valence-corrected chi connectivity index (χ1v) is 5.45. The van der Waals surface area contributed by atoms with Gasteiger partial charge in [0.05, 0.1) is 11.0 Å². The fourth-order valence-corrected chi connectivity index (χ4v) is 1.83. The maximum Gasteiger partial charge on any atom is 0.138 e. The molecule has 0 unspecified atom stereocenters. The molecule has 0 saturated heterocycles. The zero-order valence-electron chi connectivity index (χ0n) is 9.37. The first-order valence-electron chi connectivity index (χ1n) is 5.45. The van der Waals surface area contributed by atoms with E-state index in [9.17, 15) is 4.39 Å². The Morgan fingerprint density at radius 3 is 2.71 bits per heavy atom. The molecular weight excluding hydrogens is 215 g/mol. The van der Waals surface area contributed by atoms with Crippen LogP contribution in [0, 0.1) is 12.7 Å². The van der Waals surface area contributed by atoms with Gasteiger partial charge in [-0.25, -0.2) is 9.37 Å². The van der Waals surface area contributed by atoms with Crippen molar-refractivity contribution in [1.29, 1.82) is 0 Å². The molecule has 0 fully saturated rings. The Morgan fingerprint density at radius 2 is 1.94 bits per heavy atom. The summed E-state index contributed by atoms with van der Waals surface area (Å²) in [5.74, 6) is 0.494. The molecule has 0 aliphatic rings. The Kier molecular flexibility index (Phi) is 2.18. The smallest absolute Gasteiger partial charge is 0.138 e. The number of para-hydroxylation sites is 2. The molecule has 3 heteroatoms. The maximum atomic E-state index is 13.5. The van der Waals surface area contributed by atoms with Gasteiger partial charge in [-0.1, -0.05) is 24.3 Å². The Bertz CT molecular complexity index is 653. The number of hydrogen-bond acceptors (Lipinski definition) is 1. The van der Waals surface area contributed by atoms with E-state index in [-0.39, 0.29) is 5.82 Å². The number of nitrogens with zero attached hydrogens (tertiary/aromatic N) is 1. The van der Waals surface area contributed by atoms with Gasteiger partial charge >= 0.3 is 0 Å². The molecule has 1 heterocycles. The molecule has 0 radical (unpaired) electrons. The van der Waals surface area contributed by atoms with Gasteiger partial charge in [-0.3, -0.25) is 0 Å². The van der Waals surface area contributed by atoms with E-state index in [2.05, 4.69) is 9.97 Å². The van der Waals surface area contributed by atoms with Crippen molar-refractivity contribution < 1.29 is 4.39 Å². The Labute approximate surface area is 98.1 Å². The average Bonchev–Trinajstić information content (AvgIpc) is 2.76. The van der Waals surface area contributed by atoms with Crippen LogP contribution in [0.4, 0.5) is 4.39 Å². The summed E-state index contributed by atoms with van der Waals surface area (Å²) in [6, 6.07) is 12.9. The van der Waals surface area contributed by atoms with Gasteiger partial charge in [-0.15, -0.1) is 0 Å². The third-order valence-corrected chi connectivity index (χ3v) is 2.83. The van der Waals surface area contributed by atoms with Crippen LogP contribution in [0.3, 0.4) is 0 Å². The second kappa shape index (κ2) is 3.70. The van der Waals surface area contributed by atoms with Gasteiger partial charge < -0.3 is 4.98 Å². The second-order valence-electron chi connectivity index (χ2n) is 4.07. The van der Waals surface area contributed by atoms with Crippen LogP contribution >= 0.6 is 0 Å². The number of aromatic nitrogens is 2. The summed E-state index contributed by atoms with van der Waals surface area (Å²) in [4.78, 5) is 7.61. The lowest BCUT2D eigenvalue weighted by atomic mass is 10.1. The molecule has 3 rings (SSSR count). The van der Waals surface area contributed by atoms with Gasteiger partial charge in [-0.2, -0.15) is 0 Å². The number of imidazole rings is 1. The Hall–Kier alpha value is -2.16. The maximum absolute atomic E-state index is 13.5. The number of halogens is 1. The fourth-order valence-electron chi connectivity index (χ4n) is 1.83. The van der Waals surface area contributed by atoms with Crippen LogP contribution in [0.1, 0.15) is 5.56 Å². The summed E-state index contributed by atoms with van der Waals surface area (Å²) < 4.78 is 13.5. The van der Waals surface area contributed by atoms with Crippen molar-refractivity contribution in [3.05, 3.63) is 53.8 Å². The van der Waals surface area contributed by atoms with E-state index in [0.717, 1.165) is 16.6 Å². The quantitative estimate of drug-likeness (QED) is 0.673. The molecule has 1 aromatic heterocycles. The van der Waals surface area contributed by atoms with Gasteiger partial charge in [0.2, 0.25) is 0 Å². The second-order valence-corrected chi connectivity index (χ2v) is 4.07. The highest BCUT2D eigenvalue weighted by Gasteiger charge is 2.06. The summed E-state index contributed by atoms with van der Waals surface area (Å²) in [7, 11) is 0. The highest BCUT2D eigenvalue weighted by molar-refractivity contribution is 5.79. The molecule has 0 amide bonds. The molecule has 1 N–H and O–H groups in total.